The van der Waals surface area contributed by atoms with Gasteiger partial charge in [0.05, 0.1) is 18.4 Å². The summed E-state index contributed by atoms with van der Waals surface area (Å²) in [5.41, 5.74) is 6.84. The number of unbranched alkanes of at least 4 members (excludes halogenated alkanes) is 1. The SMILES string of the molecule is CCCCC(CN)NC(=O)c1cn(Cc2ccccn2)nn1. The lowest BCUT2D eigenvalue weighted by atomic mass is 10.1. The summed E-state index contributed by atoms with van der Waals surface area (Å²) >= 11 is 0. The van der Waals surface area contributed by atoms with Crippen LogP contribution in [0.1, 0.15) is 42.4 Å². The maximum atomic E-state index is 12.1. The number of pyridine rings is 1. The van der Waals surface area contributed by atoms with Crippen molar-refractivity contribution in [3.63, 3.8) is 0 Å². The van der Waals surface area contributed by atoms with E-state index in [1.165, 1.54) is 0 Å². The van der Waals surface area contributed by atoms with E-state index in [-0.39, 0.29) is 11.9 Å². The van der Waals surface area contributed by atoms with Gasteiger partial charge in [-0.05, 0) is 18.6 Å². The lowest BCUT2D eigenvalue weighted by molar-refractivity contribution is 0.0930. The van der Waals surface area contributed by atoms with Gasteiger partial charge in [0.15, 0.2) is 5.69 Å². The number of nitrogens with one attached hydrogen (secondary N) is 1. The average Bonchev–Trinajstić information content (AvgIpc) is 3.01. The van der Waals surface area contributed by atoms with Crippen LogP contribution in [0.15, 0.2) is 30.6 Å². The Kier molecular flexibility index (Phi) is 6.02. The predicted octanol–water partition coefficient (Wildman–Crippen LogP) is 0.969. The fourth-order valence-corrected chi connectivity index (χ4v) is 2.10. The van der Waals surface area contributed by atoms with Crippen molar-refractivity contribution in [1.82, 2.24) is 25.3 Å². The molecule has 0 radical (unpaired) electrons. The first kappa shape index (κ1) is 16.1. The molecule has 2 rings (SSSR count). The normalized spacial score (nSPS) is 12.1. The van der Waals surface area contributed by atoms with E-state index in [2.05, 4.69) is 27.5 Å². The van der Waals surface area contributed by atoms with Gasteiger partial charge in [0, 0.05) is 18.8 Å². The Bertz CT molecular complexity index is 583. The maximum Gasteiger partial charge on any atom is 0.273 e. The standard InChI is InChI=1S/C15H22N6O/c1-2-3-6-12(9-16)18-15(22)14-11-21(20-19-14)10-13-7-4-5-8-17-13/h4-5,7-8,11-12H,2-3,6,9-10,16H2,1H3,(H,18,22). The number of nitrogens with zero attached hydrogens (tertiary/aromatic N) is 4. The maximum absolute atomic E-state index is 12.1. The third-order valence-electron chi connectivity index (χ3n) is 3.35. The van der Waals surface area contributed by atoms with Crippen molar-refractivity contribution < 1.29 is 4.79 Å². The molecule has 0 aliphatic carbocycles. The first-order valence-corrected chi connectivity index (χ1v) is 7.54. The van der Waals surface area contributed by atoms with Gasteiger partial charge in [0.2, 0.25) is 0 Å². The van der Waals surface area contributed by atoms with Gasteiger partial charge in [-0.25, -0.2) is 4.68 Å². The number of carbonyl (C=O) groups excluding carboxylic acids is 1. The van der Waals surface area contributed by atoms with Gasteiger partial charge in [-0.15, -0.1) is 5.10 Å². The van der Waals surface area contributed by atoms with Crippen molar-refractivity contribution in [2.24, 2.45) is 5.73 Å². The van der Waals surface area contributed by atoms with Gasteiger partial charge in [-0.2, -0.15) is 0 Å². The summed E-state index contributed by atoms with van der Waals surface area (Å²) in [5, 5.41) is 10.8. The summed E-state index contributed by atoms with van der Waals surface area (Å²) < 4.78 is 1.60. The zero-order valence-corrected chi connectivity index (χ0v) is 12.8. The van der Waals surface area contributed by atoms with Crippen LogP contribution < -0.4 is 11.1 Å². The molecular formula is C15H22N6O. The molecule has 1 amide bonds. The number of amides is 1. The molecule has 0 saturated heterocycles. The first-order valence-electron chi connectivity index (χ1n) is 7.54. The van der Waals surface area contributed by atoms with E-state index in [9.17, 15) is 4.79 Å². The molecule has 0 saturated carbocycles. The summed E-state index contributed by atoms with van der Waals surface area (Å²) in [4.78, 5) is 16.4. The lowest BCUT2D eigenvalue weighted by Crippen LogP contribution is -2.40. The Morgan fingerprint density at radius 2 is 2.32 bits per heavy atom. The highest BCUT2D eigenvalue weighted by Gasteiger charge is 2.15. The van der Waals surface area contributed by atoms with Gasteiger partial charge in [0.1, 0.15) is 0 Å². The second-order valence-electron chi connectivity index (χ2n) is 5.17. The molecular weight excluding hydrogens is 280 g/mol. The van der Waals surface area contributed by atoms with Crippen LogP contribution in [0.2, 0.25) is 0 Å². The quantitative estimate of drug-likeness (QED) is 0.757. The van der Waals surface area contributed by atoms with E-state index in [1.807, 2.05) is 18.2 Å². The van der Waals surface area contributed by atoms with Crippen molar-refractivity contribution >= 4 is 5.91 Å². The summed E-state index contributed by atoms with van der Waals surface area (Å²) in [7, 11) is 0. The molecule has 118 valence electrons. The smallest absolute Gasteiger partial charge is 0.273 e. The average molecular weight is 302 g/mol. The van der Waals surface area contributed by atoms with Crippen LogP contribution in [0.25, 0.3) is 0 Å². The van der Waals surface area contributed by atoms with E-state index in [0.717, 1.165) is 25.0 Å². The number of hydrogen-bond donors (Lipinski definition) is 2. The van der Waals surface area contributed by atoms with Crippen LogP contribution in [-0.4, -0.2) is 38.5 Å². The summed E-state index contributed by atoms with van der Waals surface area (Å²) in [6.45, 7) is 3.02. The Morgan fingerprint density at radius 1 is 1.45 bits per heavy atom. The van der Waals surface area contributed by atoms with E-state index in [1.54, 1.807) is 17.1 Å². The molecule has 0 fully saturated rings. The van der Waals surface area contributed by atoms with Gasteiger partial charge >= 0.3 is 0 Å². The highest BCUT2D eigenvalue weighted by molar-refractivity contribution is 5.92. The monoisotopic (exact) mass is 302 g/mol. The van der Waals surface area contributed by atoms with Gasteiger partial charge in [-0.3, -0.25) is 9.78 Å². The number of aromatic nitrogens is 4. The van der Waals surface area contributed by atoms with Crippen LogP contribution in [-0.2, 0) is 6.54 Å². The number of hydrogen-bond acceptors (Lipinski definition) is 5. The molecule has 7 heteroatoms. The molecule has 3 N–H and O–H groups in total. The number of carbonyl (C=O) groups is 1. The van der Waals surface area contributed by atoms with Crippen molar-refractivity contribution in [2.45, 2.75) is 38.8 Å². The summed E-state index contributed by atoms with van der Waals surface area (Å²) in [6, 6.07) is 5.64. The minimum Gasteiger partial charge on any atom is -0.347 e. The zero-order chi connectivity index (χ0) is 15.8. The molecule has 1 atom stereocenters. The van der Waals surface area contributed by atoms with Crippen molar-refractivity contribution in [3.05, 3.63) is 42.0 Å². The summed E-state index contributed by atoms with van der Waals surface area (Å²) in [6.07, 6.45) is 6.33. The fourth-order valence-electron chi connectivity index (χ4n) is 2.10. The molecule has 0 aliphatic heterocycles. The Hall–Kier alpha value is -2.28. The van der Waals surface area contributed by atoms with E-state index in [0.29, 0.717) is 18.8 Å². The zero-order valence-electron chi connectivity index (χ0n) is 12.8. The van der Waals surface area contributed by atoms with Crippen LogP contribution in [0, 0.1) is 0 Å². The highest BCUT2D eigenvalue weighted by Crippen LogP contribution is 2.02. The molecule has 2 aromatic rings. The van der Waals surface area contributed by atoms with Gasteiger partial charge in [0.25, 0.3) is 5.91 Å². The third-order valence-corrected chi connectivity index (χ3v) is 3.35. The van der Waals surface area contributed by atoms with Gasteiger partial charge in [-0.1, -0.05) is 31.0 Å². The van der Waals surface area contributed by atoms with Gasteiger partial charge < -0.3 is 11.1 Å². The molecule has 22 heavy (non-hydrogen) atoms. The minimum atomic E-state index is -0.237. The predicted molar refractivity (Wildman–Crippen MR) is 83.2 cm³/mol. The lowest BCUT2D eigenvalue weighted by Gasteiger charge is -2.15. The first-order chi connectivity index (χ1) is 10.7. The van der Waals surface area contributed by atoms with E-state index in [4.69, 9.17) is 5.73 Å². The molecule has 7 nitrogen and oxygen atoms in total. The van der Waals surface area contributed by atoms with Crippen LogP contribution in [0.4, 0.5) is 0 Å². The fraction of sp³-hybridized carbons (Fsp3) is 0.467. The largest absolute Gasteiger partial charge is 0.347 e. The van der Waals surface area contributed by atoms with Crippen LogP contribution >= 0.6 is 0 Å². The molecule has 2 aromatic heterocycles. The topological polar surface area (TPSA) is 98.7 Å². The van der Waals surface area contributed by atoms with Crippen LogP contribution in [0.3, 0.4) is 0 Å². The molecule has 1 unspecified atom stereocenters. The molecule has 0 aliphatic rings. The molecule has 0 aromatic carbocycles. The molecule has 0 bridgehead atoms. The number of nitrogens with two attached hydrogens (primary N) is 1. The second kappa shape index (κ2) is 8.23. The number of rotatable bonds is 8. The second-order valence-corrected chi connectivity index (χ2v) is 5.17. The van der Waals surface area contributed by atoms with Crippen molar-refractivity contribution in [2.75, 3.05) is 6.54 Å². The minimum absolute atomic E-state index is 0.0200. The Morgan fingerprint density at radius 3 is 3.00 bits per heavy atom. The van der Waals surface area contributed by atoms with E-state index < -0.39 is 0 Å². The van der Waals surface area contributed by atoms with Crippen molar-refractivity contribution in [1.29, 1.82) is 0 Å². The summed E-state index contributed by atoms with van der Waals surface area (Å²) in [5.74, 6) is -0.237. The van der Waals surface area contributed by atoms with E-state index >= 15 is 0 Å². The highest BCUT2D eigenvalue weighted by atomic mass is 16.2. The van der Waals surface area contributed by atoms with Crippen LogP contribution in [0.5, 0.6) is 0 Å². The molecule has 0 spiro atoms. The van der Waals surface area contributed by atoms with Crippen molar-refractivity contribution in [3.8, 4) is 0 Å². The molecule has 2 heterocycles. The Labute approximate surface area is 129 Å². The Balaban J connectivity index is 1.94. The third kappa shape index (κ3) is 4.63.